The van der Waals surface area contributed by atoms with Crippen LogP contribution < -0.4 is 16.4 Å². The molecule has 4 N–H and O–H groups in total. The summed E-state index contributed by atoms with van der Waals surface area (Å²) in [5.41, 5.74) is 6.04. The molecule has 1 heterocycles. The fourth-order valence-corrected chi connectivity index (χ4v) is 1.33. The Morgan fingerprint density at radius 3 is 2.94 bits per heavy atom. The van der Waals surface area contributed by atoms with E-state index >= 15 is 0 Å². The first-order valence-electron chi connectivity index (χ1n) is 5.79. The van der Waals surface area contributed by atoms with Crippen molar-refractivity contribution in [2.75, 3.05) is 17.6 Å². The summed E-state index contributed by atoms with van der Waals surface area (Å²) in [6.07, 6.45) is 0.886. The van der Waals surface area contributed by atoms with E-state index in [4.69, 9.17) is 11.0 Å². The van der Waals surface area contributed by atoms with Crippen LogP contribution in [-0.2, 0) is 4.79 Å². The third-order valence-corrected chi connectivity index (χ3v) is 2.34. The molecule has 6 heteroatoms. The fraction of sp³-hybridized carbons (Fsp3) is 0.417. The van der Waals surface area contributed by atoms with Gasteiger partial charge in [-0.2, -0.15) is 5.26 Å². The van der Waals surface area contributed by atoms with Gasteiger partial charge in [-0.05, 0) is 25.5 Å². The minimum absolute atomic E-state index is 0.103. The van der Waals surface area contributed by atoms with Gasteiger partial charge in [0, 0.05) is 6.54 Å². The summed E-state index contributed by atoms with van der Waals surface area (Å²) in [7, 11) is 0. The highest BCUT2D eigenvalue weighted by Crippen LogP contribution is 2.12. The molecule has 18 heavy (non-hydrogen) atoms. The van der Waals surface area contributed by atoms with Crippen LogP contribution in [0.15, 0.2) is 12.1 Å². The summed E-state index contributed by atoms with van der Waals surface area (Å²) in [4.78, 5) is 15.7. The van der Waals surface area contributed by atoms with Gasteiger partial charge in [0.25, 0.3) is 0 Å². The molecule has 1 amide bonds. The highest BCUT2D eigenvalue weighted by Gasteiger charge is 2.12. The van der Waals surface area contributed by atoms with Crippen LogP contribution in [0.5, 0.6) is 0 Å². The van der Waals surface area contributed by atoms with Gasteiger partial charge < -0.3 is 16.4 Å². The molecular weight excluding hydrogens is 230 g/mol. The van der Waals surface area contributed by atoms with Crippen LogP contribution in [0.25, 0.3) is 0 Å². The van der Waals surface area contributed by atoms with Crippen LogP contribution in [0.2, 0.25) is 0 Å². The number of anilines is 2. The van der Waals surface area contributed by atoms with Gasteiger partial charge in [0.15, 0.2) is 5.69 Å². The van der Waals surface area contributed by atoms with Crippen molar-refractivity contribution in [1.29, 1.82) is 5.26 Å². The van der Waals surface area contributed by atoms with Crippen LogP contribution in [0.1, 0.15) is 26.0 Å². The number of aromatic nitrogens is 1. The summed E-state index contributed by atoms with van der Waals surface area (Å²) in [5.74, 6) is 0.355. The minimum atomic E-state index is -0.417. The smallest absolute Gasteiger partial charge is 0.242 e. The first-order valence-corrected chi connectivity index (χ1v) is 5.79. The van der Waals surface area contributed by atoms with E-state index < -0.39 is 6.04 Å². The van der Waals surface area contributed by atoms with Gasteiger partial charge in [0.2, 0.25) is 5.91 Å². The maximum absolute atomic E-state index is 11.6. The monoisotopic (exact) mass is 247 g/mol. The van der Waals surface area contributed by atoms with Crippen molar-refractivity contribution < 1.29 is 4.79 Å². The molecule has 0 bridgehead atoms. The van der Waals surface area contributed by atoms with E-state index in [2.05, 4.69) is 15.6 Å². The Labute approximate surface area is 106 Å². The predicted molar refractivity (Wildman–Crippen MR) is 69.7 cm³/mol. The van der Waals surface area contributed by atoms with Gasteiger partial charge in [-0.3, -0.25) is 4.79 Å². The molecule has 0 spiro atoms. The molecule has 0 saturated heterocycles. The van der Waals surface area contributed by atoms with Crippen molar-refractivity contribution in [1.82, 2.24) is 10.3 Å². The van der Waals surface area contributed by atoms with E-state index in [0.29, 0.717) is 18.1 Å². The molecule has 0 aromatic carbocycles. The Kier molecular flexibility index (Phi) is 4.93. The third-order valence-electron chi connectivity index (χ3n) is 2.34. The third kappa shape index (κ3) is 3.63. The largest absolute Gasteiger partial charge is 0.396 e. The number of pyridine rings is 1. The highest BCUT2D eigenvalue weighted by molar-refractivity contribution is 5.83. The Morgan fingerprint density at radius 1 is 1.61 bits per heavy atom. The van der Waals surface area contributed by atoms with Crippen LogP contribution in [0, 0.1) is 11.3 Å². The molecule has 1 aromatic heterocycles. The second kappa shape index (κ2) is 6.45. The van der Waals surface area contributed by atoms with Gasteiger partial charge in [0.05, 0.1) is 5.69 Å². The van der Waals surface area contributed by atoms with Crippen molar-refractivity contribution in [3.63, 3.8) is 0 Å². The number of carbonyl (C=O) groups is 1. The first kappa shape index (κ1) is 13.8. The minimum Gasteiger partial charge on any atom is -0.396 e. The molecule has 1 atom stereocenters. The standard InChI is InChI=1S/C12H17N5O/c1-3-6-15-12(18)8(2)16-11-5-4-9(14)10(7-13)17-11/h4-5,8H,3,6,14H2,1-2H3,(H,15,18)(H,16,17). The van der Waals surface area contributed by atoms with Gasteiger partial charge in [-0.1, -0.05) is 6.92 Å². The van der Waals surface area contributed by atoms with E-state index in [9.17, 15) is 4.79 Å². The molecule has 0 saturated carbocycles. The number of carbonyl (C=O) groups excluding carboxylic acids is 1. The van der Waals surface area contributed by atoms with E-state index in [0.717, 1.165) is 6.42 Å². The average molecular weight is 247 g/mol. The first-order chi connectivity index (χ1) is 8.58. The van der Waals surface area contributed by atoms with E-state index in [1.54, 1.807) is 19.1 Å². The Morgan fingerprint density at radius 2 is 2.33 bits per heavy atom. The Bertz CT molecular complexity index is 466. The molecule has 1 unspecified atom stereocenters. The van der Waals surface area contributed by atoms with Crippen molar-refractivity contribution in [3.8, 4) is 6.07 Å². The second-order valence-electron chi connectivity index (χ2n) is 3.90. The average Bonchev–Trinajstić information content (AvgIpc) is 2.37. The molecule has 0 fully saturated rings. The molecule has 0 aliphatic rings. The number of nitrogens with one attached hydrogen (secondary N) is 2. The number of nitrogens with zero attached hydrogens (tertiary/aromatic N) is 2. The lowest BCUT2D eigenvalue weighted by atomic mass is 10.2. The Balaban J connectivity index is 2.67. The fourth-order valence-electron chi connectivity index (χ4n) is 1.33. The number of nitriles is 1. The summed E-state index contributed by atoms with van der Waals surface area (Å²) >= 11 is 0. The number of rotatable bonds is 5. The lowest BCUT2D eigenvalue weighted by Crippen LogP contribution is -2.38. The van der Waals surface area contributed by atoms with Gasteiger partial charge >= 0.3 is 0 Å². The lowest BCUT2D eigenvalue weighted by molar-refractivity contribution is -0.121. The molecule has 96 valence electrons. The van der Waals surface area contributed by atoms with Gasteiger partial charge in [-0.25, -0.2) is 4.98 Å². The highest BCUT2D eigenvalue weighted by atomic mass is 16.2. The van der Waals surface area contributed by atoms with Gasteiger partial charge in [0.1, 0.15) is 17.9 Å². The predicted octanol–water partition coefficient (Wildman–Crippen LogP) is 0.862. The van der Waals surface area contributed by atoms with E-state index in [-0.39, 0.29) is 11.6 Å². The topological polar surface area (TPSA) is 104 Å². The van der Waals surface area contributed by atoms with Crippen molar-refractivity contribution in [3.05, 3.63) is 17.8 Å². The van der Waals surface area contributed by atoms with Crippen molar-refractivity contribution >= 4 is 17.4 Å². The van der Waals surface area contributed by atoms with Crippen molar-refractivity contribution in [2.24, 2.45) is 0 Å². The Hall–Kier alpha value is -2.29. The van der Waals surface area contributed by atoms with Crippen LogP contribution >= 0.6 is 0 Å². The number of hydrogen-bond acceptors (Lipinski definition) is 5. The number of amides is 1. The molecule has 1 aromatic rings. The number of nitrogens with two attached hydrogens (primary N) is 1. The van der Waals surface area contributed by atoms with Crippen LogP contribution in [0.4, 0.5) is 11.5 Å². The summed E-state index contributed by atoms with van der Waals surface area (Å²) in [6, 6.07) is 4.70. The van der Waals surface area contributed by atoms with Gasteiger partial charge in [-0.15, -0.1) is 0 Å². The summed E-state index contributed by atoms with van der Waals surface area (Å²) in [6.45, 7) is 4.36. The van der Waals surface area contributed by atoms with E-state index in [1.807, 2.05) is 13.0 Å². The van der Waals surface area contributed by atoms with Crippen LogP contribution in [0.3, 0.4) is 0 Å². The maximum Gasteiger partial charge on any atom is 0.242 e. The SMILES string of the molecule is CCCNC(=O)C(C)Nc1ccc(N)c(C#N)n1. The van der Waals surface area contributed by atoms with E-state index in [1.165, 1.54) is 0 Å². The van der Waals surface area contributed by atoms with Crippen molar-refractivity contribution in [2.45, 2.75) is 26.3 Å². The zero-order valence-electron chi connectivity index (χ0n) is 10.5. The molecule has 6 nitrogen and oxygen atoms in total. The lowest BCUT2D eigenvalue weighted by Gasteiger charge is -2.14. The summed E-state index contributed by atoms with van der Waals surface area (Å²) < 4.78 is 0. The van der Waals surface area contributed by atoms with Crippen LogP contribution in [-0.4, -0.2) is 23.5 Å². The zero-order valence-corrected chi connectivity index (χ0v) is 10.5. The summed E-state index contributed by atoms with van der Waals surface area (Å²) in [5, 5.41) is 14.5. The maximum atomic E-state index is 11.6. The number of hydrogen-bond donors (Lipinski definition) is 3. The second-order valence-corrected chi connectivity index (χ2v) is 3.90. The molecule has 0 aliphatic carbocycles. The molecular formula is C12H17N5O. The molecule has 0 radical (unpaired) electrons. The molecule has 1 rings (SSSR count). The normalized spacial score (nSPS) is 11.4. The zero-order chi connectivity index (χ0) is 13.5. The quantitative estimate of drug-likeness (QED) is 0.716. The molecule has 0 aliphatic heterocycles. The number of nitrogen functional groups attached to an aromatic ring is 1.